The van der Waals surface area contributed by atoms with Crippen LogP contribution in [0.3, 0.4) is 0 Å². The molecule has 1 aliphatic heterocycles. The van der Waals surface area contributed by atoms with E-state index in [1.165, 1.54) is 4.31 Å². The number of carbonyl (C=O) groups excluding carboxylic acids is 1. The molecule has 3 rings (SSSR count). The summed E-state index contributed by atoms with van der Waals surface area (Å²) >= 11 is 0. The molecule has 0 bridgehead atoms. The number of hydrogen-bond donors (Lipinski definition) is 2. The van der Waals surface area contributed by atoms with Gasteiger partial charge in [-0.15, -0.1) is 0 Å². The Hall–Kier alpha value is -1.96. The lowest BCUT2D eigenvalue weighted by Gasteiger charge is -2.37. The number of sulfonamides is 1. The van der Waals surface area contributed by atoms with Gasteiger partial charge in [-0.3, -0.25) is 10.0 Å². The Balaban J connectivity index is 2.04. The maximum absolute atomic E-state index is 13.1. The summed E-state index contributed by atoms with van der Waals surface area (Å²) in [5, 5.41) is 10.8. The fourth-order valence-corrected chi connectivity index (χ4v) is 5.10. The molecule has 0 radical (unpaired) electrons. The first kappa shape index (κ1) is 16.9. The molecule has 1 heterocycles. The molecule has 1 amide bonds. The predicted octanol–water partition coefficient (Wildman–Crippen LogP) is 2.13. The van der Waals surface area contributed by atoms with Crippen LogP contribution in [0.1, 0.15) is 19.8 Å². The van der Waals surface area contributed by atoms with Gasteiger partial charge in [0.15, 0.2) is 0 Å². The molecule has 2 aromatic carbocycles. The van der Waals surface area contributed by atoms with Gasteiger partial charge in [0.05, 0.1) is 4.90 Å². The number of rotatable bonds is 3. The van der Waals surface area contributed by atoms with Crippen molar-refractivity contribution in [2.24, 2.45) is 5.92 Å². The largest absolute Gasteiger partial charge is 0.289 e. The highest BCUT2D eigenvalue weighted by Crippen LogP contribution is 2.30. The van der Waals surface area contributed by atoms with Crippen LogP contribution in [-0.2, 0) is 14.8 Å². The quantitative estimate of drug-likeness (QED) is 0.657. The number of amides is 1. The fraction of sp³-hybridized carbons (Fsp3) is 0.353. The fourth-order valence-electron chi connectivity index (χ4n) is 3.34. The summed E-state index contributed by atoms with van der Waals surface area (Å²) in [6.07, 6.45) is 1.42. The molecule has 1 saturated heterocycles. The van der Waals surface area contributed by atoms with Crippen molar-refractivity contribution in [3.05, 3.63) is 42.5 Å². The number of carbonyl (C=O) groups is 1. The normalized spacial score (nSPS) is 22.4. The van der Waals surface area contributed by atoms with E-state index in [0.29, 0.717) is 6.42 Å². The average Bonchev–Trinajstić information content (AvgIpc) is 2.60. The van der Waals surface area contributed by atoms with Crippen molar-refractivity contribution in [3.63, 3.8) is 0 Å². The van der Waals surface area contributed by atoms with Crippen molar-refractivity contribution < 1.29 is 18.4 Å². The molecule has 24 heavy (non-hydrogen) atoms. The maximum Gasteiger partial charge on any atom is 0.262 e. The van der Waals surface area contributed by atoms with Crippen LogP contribution in [0.5, 0.6) is 0 Å². The maximum atomic E-state index is 13.1. The van der Waals surface area contributed by atoms with Gasteiger partial charge in [0, 0.05) is 6.54 Å². The van der Waals surface area contributed by atoms with Gasteiger partial charge in [-0.2, -0.15) is 4.31 Å². The summed E-state index contributed by atoms with van der Waals surface area (Å²) in [6, 6.07) is 11.6. The smallest absolute Gasteiger partial charge is 0.262 e. The van der Waals surface area contributed by atoms with Crippen molar-refractivity contribution in [3.8, 4) is 0 Å². The first-order valence-electron chi connectivity index (χ1n) is 7.90. The van der Waals surface area contributed by atoms with E-state index in [9.17, 15) is 13.2 Å². The number of nitrogens with zero attached hydrogens (tertiary/aromatic N) is 1. The van der Waals surface area contributed by atoms with Gasteiger partial charge in [0.1, 0.15) is 6.04 Å². The Morgan fingerprint density at radius 3 is 2.62 bits per heavy atom. The van der Waals surface area contributed by atoms with Crippen LogP contribution in [0.2, 0.25) is 0 Å². The number of benzene rings is 2. The minimum atomic E-state index is -3.83. The van der Waals surface area contributed by atoms with E-state index in [1.54, 1.807) is 23.7 Å². The zero-order valence-electron chi connectivity index (χ0n) is 13.3. The molecule has 2 atom stereocenters. The molecule has 2 aromatic rings. The van der Waals surface area contributed by atoms with Gasteiger partial charge in [-0.1, -0.05) is 37.3 Å². The molecule has 128 valence electrons. The molecule has 1 aliphatic rings. The minimum Gasteiger partial charge on any atom is -0.289 e. The number of fused-ring (bicyclic) bond motifs is 1. The minimum absolute atomic E-state index is 0.158. The first-order valence-corrected chi connectivity index (χ1v) is 9.34. The predicted molar refractivity (Wildman–Crippen MR) is 90.0 cm³/mol. The first-order chi connectivity index (χ1) is 11.4. The van der Waals surface area contributed by atoms with Crippen LogP contribution in [0.4, 0.5) is 0 Å². The van der Waals surface area contributed by atoms with Crippen molar-refractivity contribution in [1.29, 1.82) is 0 Å². The molecule has 7 heteroatoms. The summed E-state index contributed by atoms with van der Waals surface area (Å²) in [7, 11) is -3.83. The highest BCUT2D eigenvalue weighted by molar-refractivity contribution is 7.89. The Bertz CT molecular complexity index is 866. The van der Waals surface area contributed by atoms with Crippen LogP contribution in [0.15, 0.2) is 47.4 Å². The van der Waals surface area contributed by atoms with E-state index in [2.05, 4.69) is 0 Å². The van der Waals surface area contributed by atoms with Crippen LogP contribution in [-0.4, -0.2) is 36.4 Å². The number of hydrogen-bond acceptors (Lipinski definition) is 4. The number of hydroxylamine groups is 1. The zero-order valence-corrected chi connectivity index (χ0v) is 14.2. The summed E-state index contributed by atoms with van der Waals surface area (Å²) in [4.78, 5) is 12.2. The second-order valence-corrected chi connectivity index (χ2v) is 8.06. The molecular formula is C17H20N2O4S. The standard InChI is InChI=1S/C17H20N2O4S/c1-12-5-4-10-19(16(12)17(20)18-21)24(22,23)15-9-8-13-6-2-3-7-14(13)11-15/h2-3,6-9,11-12,16,21H,4-5,10H2,1H3,(H,18,20). The second-order valence-electron chi connectivity index (χ2n) is 6.17. The monoisotopic (exact) mass is 348 g/mol. The molecular weight excluding hydrogens is 328 g/mol. The van der Waals surface area contributed by atoms with E-state index >= 15 is 0 Å². The van der Waals surface area contributed by atoms with E-state index < -0.39 is 22.0 Å². The highest BCUT2D eigenvalue weighted by atomic mass is 32.2. The van der Waals surface area contributed by atoms with Gasteiger partial charge in [0.25, 0.3) is 5.91 Å². The summed E-state index contributed by atoms with van der Waals surface area (Å²) in [6.45, 7) is 2.08. The lowest BCUT2D eigenvalue weighted by Crippen LogP contribution is -2.54. The van der Waals surface area contributed by atoms with E-state index in [0.717, 1.165) is 17.2 Å². The summed E-state index contributed by atoms with van der Waals surface area (Å²) in [5.41, 5.74) is 1.60. The molecule has 1 fully saturated rings. The van der Waals surface area contributed by atoms with Crippen LogP contribution >= 0.6 is 0 Å². The Labute approximate surface area is 141 Å². The molecule has 0 aromatic heterocycles. The number of piperidine rings is 1. The molecule has 0 spiro atoms. The van der Waals surface area contributed by atoms with Crippen molar-refractivity contribution >= 4 is 26.7 Å². The number of nitrogens with one attached hydrogen (secondary N) is 1. The van der Waals surface area contributed by atoms with Crippen molar-refractivity contribution in [2.45, 2.75) is 30.7 Å². The molecule has 0 aliphatic carbocycles. The van der Waals surface area contributed by atoms with E-state index in [4.69, 9.17) is 5.21 Å². The second kappa shape index (κ2) is 6.51. The van der Waals surface area contributed by atoms with Crippen molar-refractivity contribution in [2.75, 3.05) is 6.54 Å². The Morgan fingerprint density at radius 2 is 1.92 bits per heavy atom. The van der Waals surface area contributed by atoms with Gasteiger partial charge >= 0.3 is 0 Å². The third-order valence-corrected chi connectivity index (χ3v) is 6.47. The van der Waals surface area contributed by atoms with Gasteiger partial charge < -0.3 is 0 Å². The SMILES string of the molecule is CC1CCCN(S(=O)(=O)c2ccc3ccccc3c2)C1C(=O)NO. The highest BCUT2D eigenvalue weighted by Gasteiger charge is 2.41. The van der Waals surface area contributed by atoms with E-state index in [-0.39, 0.29) is 17.4 Å². The zero-order chi connectivity index (χ0) is 17.3. The van der Waals surface area contributed by atoms with Gasteiger partial charge in [-0.05, 0) is 41.7 Å². The van der Waals surface area contributed by atoms with Gasteiger partial charge in [-0.25, -0.2) is 13.9 Å². The van der Waals surface area contributed by atoms with E-state index in [1.807, 2.05) is 31.2 Å². The Morgan fingerprint density at radius 1 is 1.21 bits per heavy atom. The molecule has 6 nitrogen and oxygen atoms in total. The third-order valence-electron chi connectivity index (χ3n) is 4.59. The van der Waals surface area contributed by atoms with Gasteiger partial charge in [0.2, 0.25) is 10.0 Å². The summed E-state index contributed by atoms with van der Waals surface area (Å²) < 4.78 is 27.3. The molecule has 2 N–H and O–H groups in total. The van der Waals surface area contributed by atoms with Crippen molar-refractivity contribution in [1.82, 2.24) is 9.79 Å². The lowest BCUT2D eigenvalue weighted by atomic mass is 9.92. The molecule has 2 unspecified atom stereocenters. The lowest BCUT2D eigenvalue weighted by molar-refractivity contribution is -0.135. The van der Waals surface area contributed by atoms with Crippen LogP contribution in [0, 0.1) is 5.92 Å². The topological polar surface area (TPSA) is 86.7 Å². The third kappa shape index (κ3) is 2.90. The Kier molecular flexibility index (Phi) is 4.58. The summed E-state index contributed by atoms with van der Waals surface area (Å²) in [5.74, 6) is -0.854. The molecule has 0 saturated carbocycles. The van der Waals surface area contributed by atoms with Crippen LogP contribution in [0.25, 0.3) is 10.8 Å². The average molecular weight is 348 g/mol. The van der Waals surface area contributed by atoms with Crippen LogP contribution < -0.4 is 5.48 Å².